The third-order valence-electron chi connectivity index (χ3n) is 3.21. The summed E-state index contributed by atoms with van der Waals surface area (Å²) in [7, 11) is 0. The summed E-state index contributed by atoms with van der Waals surface area (Å²) in [6.45, 7) is 6.84. The normalized spacial score (nSPS) is 17.9. The molecule has 0 aliphatic carbocycles. The predicted molar refractivity (Wildman–Crippen MR) is 78.3 cm³/mol. The Hall–Kier alpha value is -0.810. The van der Waals surface area contributed by atoms with Crippen molar-refractivity contribution in [1.29, 1.82) is 0 Å². The molecule has 0 aromatic rings. The van der Waals surface area contributed by atoms with Crippen molar-refractivity contribution < 1.29 is 9.59 Å². The van der Waals surface area contributed by atoms with E-state index >= 15 is 0 Å². The van der Waals surface area contributed by atoms with Crippen molar-refractivity contribution >= 4 is 24.2 Å². The molecule has 1 atom stereocenters. The van der Waals surface area contributed by atoms with Gasteiger partial charge < -0.3 is 16.0 Å². The van der Waals surface area contributed by atoms with Gasteiger partial charge in [-0.15, -0.1) is 12.4 Å². The monoisotopic (exact) mass is 291 g/mol. The van der Waals surface area contributed by atoms with E-state index in [1.807, 2.05) is 13.8 Å². The van der Waals surface area contributed by atoms with Gasteiger partial charge in [-0.3, -0.25) is 9.59 Å². The molecule has 0 radical (unpaired) electrons. The minimum atomic E-state index is -0.00410. The van der Waals surface area contributed by atoms with Crippen LogP contribution in [-0.4, -0.2) is 38.0 Å². The van der Waals surface area contributed by atoms with Gasteiger partial charge in [0.15, 0.2) is 0 Å². The second-order valence-electron chi connectivity index (χ2n) is 5.19. The summed E-state index contributed by atoms with van der Waals surface area (Å²) in [5.41, 5.74) is 0. The van der Waals surface area contributed by atoms with Crippen LogP contribution in [0, 0.1) is 11.8 Å². The highest BCUT2D eigenvalue weighted by Gasteiger charge is 2.15. The zero-order valence-corrected chi connectivity index (χ0v) is 12.6. The minimum Gasteiger partial charge on any atom is -0.354 e. The number of rotatable bonds is 7. The van der Waals surface area contributed by atoms with Gasteiger partial charge in [0.2, 0.25) is 11.8 Å². The van der Waals surface area contributed by atoms with Crippen LogP contribution >= 0.6 is 12.4 Å². The first-order chi connectivity index (χ1) is 8.59. The van der Waals surface area contributed by atoms with Crippen LogP contribution in [0.1, 0.15) is 33.1 Å². The highest BCUT2D eigenvalue weighted by molar-refractivity contribution is 5.85. The highest BCUT2D eigenvalue weighted by Crippen LogP contribution is 2.13. The van der Waals surface area contributed by atoms with Gasteiger partial charge in [-0.05, 0) is 31.8 Å². The largest absolute Gasteiger partial charge is 0.354 e. The molecule has 19 heavy (non-hydrogen) atoms. The fraction of sp³-hybridized carbons (Fsp3) is 0.846. The molecule has 5 nitrogen and oxygen atoms in total. The average Bonchev–Trinajstić information content (AvgIpc) is 2.84. The molecule has 2 amide bonds. The van der Waals surface area contributed by atoms with Crippen molar-refractivity contribution in [2.45, 2.75) is 33.1 Å². The van der Waals surface area contributed by atoms with Gasteiger partial charge in [-0.25, -0.2) is 0 Å². The van der Waals surface area contributed by atoms with E-state index < -0.39 is 0 Å². The summed E-state index contributed by atoms with van der Waals surface area (Å²) >= 11 is 0. The van der Waals surface area contributed by atoms with Gasteiger partial charge in [-0.2, -0.15) is 0 Å². The van der Waals surface area contributed by atoms with E-state index in [2.05, 4.69) is 16.0 Å². The Bertz CT molecular complexity index is 279. The van der Waals surface area contributed by atoms with E-state index in [-0.39, 0.29) is 30.1 Å². The SMILES string of the molecule is CC(C)C(=O)NCCNC(=O)CCC1CCNC1.Cl. The first-order valence-electron chi connectivity index (χ1n) is 6.84. The Kier molecular flexibility index (Phi) is 9.61. The Labute approximate surface area is 121 Å². The van der Waals surface area contributed by atoms with Crippen LogP contribution in [0.2, 0.25) is 0 Å². The number of carbonyl (C=O) groups is 2. The lowest BCUT2D eigenvalue weighted by Crippen LogP contribution is -2.36. The number of hydrogen-bond acceptors (Lipinski definition) is 3. The van der Waals surface area contributed by atoms with Crippen molar-refractivity contribution in [3.8, 4) is 0 Å². The molecule has 0 bridgehead atoms. The lowest BCUT2D eigenvalue weighted by molar-refractivity contribution is -0.124. The van der Waals surface area contributed by atoms with Crippen molar-refractivity contribution in [3.63, 3.8) is 0 Å². The first kappa shape index (κ1) is 18.2. The molecule has 0 aromatic heterocycles. The Balaban J connectivity index is 0.00000324. The summed E-state index contributed by atoms with van der Waals surface area (Å²) in [6.07, 6.45) is 2.72. The summed E-state index contributed by atoms with van der Waals surface area (Å²) in [5.74, 6) is 0.758. The van der Waals surface area contributed by atoms with Gasteiger partial charge in [0.25, 0.3) is 0 Å². The maximum atomic E-state index is 11.5. The van der Waals surface area contributed by atoms with Crippen molar-refractivity contribution in [2.75, 3.05) is 26.2 Å². The van der Waals surface area contributed by atoms with E-state index in [1.165, 1.54) is 6.42 Å². The quantitative estimate of drug-likeness (QED) is 0.604. The molecule has 0 spiro atoms. The second kappa shape index (κ2) is 10.0. The first-order valence-corrected chi connectivity index (χ1v) is 6.84. The van der Waals surface area contributed by atoms with Crippen LogP contribution in [0.25, 0.3) is 0 Å². The molecule has 0 saturated carbocycles. The maximum absolute atomic E-state index is 11.5. The minimum absolute atomic E-state index is 0. The molecular formula is C13H26ClN3O2. The smallest absolute Gasteiger partial charge is 0.222 e. The zero-order chi connectivity index (χ0) is 13.4. The fourth-order valence-corrected chi connectivity index (χ4v) is 1.98. The Morgan fingerprint density at radius 1 is 1.26 bits per heavy atom. The molecule has 3 N–H and O–H groups in total. The van der Waals surface area contributed by atoms with Crippen LogP contribution in [0.5, 0.6) is 0 Å². The number of halogens is 1. The molecule has 1 aliphatic rings. The number of nitrogens with one attached hydrogen (secondary N) is 3. The Morgan fingerprint density at radius 3 is 2.53 bits per heavy atom. The molecular weight excluding hydrogens is 266 g/mol. The fourth-order valence-electron chi connectivity index (χ4n) is 1.98. The van der Waals surface area contributed by atoms with Crippen molar-refractivity contribution in [3.05, 3.63) is 0 Å². The van der Waals surface area contributed by atoms with Crippen LogP contribution in [0.4, 0.5) is 0 Å². The van der Waals surface area contributed by atoms with E-state index in [0.717, 1.165) is 19.5 Å². The van der Waals surface area contributed by atoms with Crippen LogP contribution < -0.4 is 16.0 Å². The van der Waals surface area contributed by atoms with Gasteiger partial charge >= 0.3 is 0 Å². The summed E-state index contributed by atoms with van der Waals surface area (Å²) < 4.78 is 0. The molecule has 0 aromatic carbocycles. The van der Waals surface area contributed by atoms with Crippen molar-refractivity contribution in [2.24, 2.45) is 11.8 Å². The number of carbonyl (C=O) groups excluding carboxylic acids is 2. The van der Waals surface area contributed by atoms with Gasteiger partial charge in [0, 0.05) is 25.4 Å². The molecule has 1 rings (SSSR count). The topological polar surface area (TPSA) is 70.2 Å². The maximum Gasteiger partial charge on any atom is 0.222 e. The third-order valence-corrected chi connectivity index (χ3v) is 3.21. The molecule has 1 heterocycles. The molecule has 1 unspecified atom stereocenters. The summed E-state index contributed by atoms with van der Waals surface area (Å²) in [6, 6.07) is 0. The second-order valence-corrected chi connectivity index (χ2v) is 5.19. The van der Waals surface area contributed by atoms with Gasteiger partial charge in [-0.1, -0.05) is 13.8 Å². The van der Waals surface area contributed by atoms with Gasteiger partial charge in [0.1, 0.15) is 0 Å². The Morgan fingerprint density at radius 2 is 1.95 bits per heavy atom. The molecule has 1 saturated heterocycles. The lowest BCUT2D eigenvalue weighted by Gasteiger charge is -2.10. The van der Waals surface area contributed by atoms with E-state index in [4.69, 9.17) is 0 Å². The summed E-state index contributed by atoms with van der Waals surface area (Å²) in [4.78, 5) is 22.8. The van der Waals surface area contributed by atoms with E-state index in [0.29, 0.717) is 25.4 Å². The van der Waals surface area contributed by atoms with E-state index in [9.17, 15) is 9.59 Å². The molecule has 112 valence electrons. The molecule has 6 heteroatoms. The van der Waals surface area contributed by atoms with E-state index in [1.54, 1.807) is 0 Å². The molecule has 1 aliphatic heterocycles. The lowest BCUT2D eigenvalue weighted by atomic mass is 10.0. The zero-order valence-electron chi connectivity index (χ0n) is 11.8. The highest BCUT2D eigenvalue weighted by atomic mass is 35.5. The van der Waals surface area contributed by atoms with Crippen LogP contribution in [-0.2, 0) is 9.59 Å². The van der Waals surface area contributed by atoms with Gasteiger partial charge in [0.05, 0.1) is 0 Å². The number of hydrogen-bond donors (Lipinski definition) is 3. The van der Waals surface area contributed by atoms with Crippen LogP contribution in [0.15, 0.2) is 0 Å². The standard InChI is InChI=1S/C13H25N3O2.ClH/c1-10(2)13(18)16-8-7-15-12(17)4-3-11-5-6-14-9-11;/h10-11,14H,3-9H2,1-2H3,(H,15,17)(H,16,18);1H. The molecule has 1 fully saturated rings. The van der Waals surface area contributed by atoms with Crippen molar-refractivity contribution in [1.82, 2.24) is 16.0 Å². The average molecular weight is 292 g/mol. The number of amides is 2. The predicted octanol–water partition coefficient (Wildman–Crippen LogP) is 0.686. The summed E-state index contributed by atoms with van der Waals surface area (Å²) in [5, 5.41) is 8.89. The third kappa shape index (κ3) is 8.06. The van der Waals surface area contributed by atoms with Crippen LogP contribution in [0.3, 0.4) is 0 Å².